The molecule has 0 aliphatic carbocycles. The predicted molar refractivity (Wildman–Crippen MR) is 187 cm³/mol. The molecule has 4 aromatic carbocycles. The van der Waals surface area contributed by atoms with Gasteiger partial charge in [-0.3, -0.25) is 0 Å². The molecule has 0 fully saturated rings. The maximum atomic E-state index is 8.29. The van der Waals surface area contributed by atoms with Gasteiger partial charge in [-0.15, -0.1) is 0 Å². The molecule has 0 radical (unpaired) electrons. The van der Waals surface area contributed by atoms with E-state index < -0.39 is 11.6 Å². The zero-order chi connectivity index (χ0) is 32.4. The second kappa shape index (κ2) is 15.9. The minimum Gasteiger partial charge on any atom is -0.398 e. The average molecular weight is 601 g/mol. The Morgan fingerprint density at radius 3 is 0.721 bits per heavy atom. The van der Waals surface area contributed by atoms with Crippen molar-refractivity contribution < 1.29 is 8.42 Å². The molecule has 0 atom stereocenters. The molecule has 8 N–H and O–H groups in total. The second-order valence-electron chi connectivity index (χ2n) is 10.9. The van der Waals surface area contributed by atoms with Crippen LogP contribution in [0, 0.1) is 27.7 Å². The maximum absolute atomic E-state index is 8.29. The van der Waals surface area contributed by atoms with Gasteiger partial charge in [0, 0.05) is 22.7 Å². The minimum atomic E-state index is -0.750. The monoisotopic (exact) mass is 600 g/mol. The lowest BCUT2D eigenvalue weighted by molar-refractivity contribution is 0.630. The van der Waals surface area contributed by atoms with Crippen LogP contribution < -0.4 is 22.9 Å². The van der Waals surface area contributed by atoms with Gasteiger partial charge in [-0.1, -0.05) is 27.7 Å². The lowest BCUT2D eigenvalue weighted by Gasteiger charge is -2.14. The standard InChI is InChI=1S/2C18H24N2.O2S/c2*1-5-13-9-15(7-11(3)17(13)19)16-8-12(4)18(20)14(6-2)10-16;1-3-2/h2*7-10H,5-6,19-20H2,1-4H3;. The highest BCUT2D eigenvalue weighted by Crippen LogP contribution is 2.33. The molecular formula is C36H48N4O2S. The summed E-state index contributed by atoms with van der Waals surface area (Å²) >= 11 is -0.750. The highest BCUT2D eigenvalue weighted by Gasteiger charge is 2.11. The van der Waals surface area contributed by atoms with Gasteiger partial charge in [0.2, 0.25) is 0 Å². The molecule has 0 spiro atoms. The lowest BCUT2D eigenvalue weighted by Crippen LogP contribution is -1.99. The molecule has 43 heavy (non-hydrogen) atoms. The van der Waals surface area contributed by atoms with Gasteiger partial charge >= 0.3 is 11.6 Å². The molecular weight excluding hydrogens is 552 g/mol. The van der Waals surface area contributed by atoms with E-state index in [0.717, 1.165) is 70.7 Å². The normalized spacial score (nSPS) is 10.3. The first kappa shape index (κ1) is 35.1. The van der Waals surface area contributed by atoms with Gasteiger partial charge in [0.25, 0.3) is 0 Å². The van der Waals surface area contributed by atoms with E-state index in [2.05, 4.69) is 104 Å². The largest absolute Gasteiger partial charge is 0.398 e. The Labute approximate surface area is 261 Å². The molecule has 0 unspecified atom stereocenters. The number of aryl methyl sites for hydroxylation is 8. The van der Waals surface area contributed by atoms with Crippen LogP contribution in [0.25, 0.3) is 22.3 Å². The topological polar surface area (TPSA) is 138 Å². The second-order valence-corrected chi connectivity index (χ2v) is 11.1. The van der Waals surface area contributed by atoms with Gasteiger partial charge in [0.15, 0.2) is 0 Å². The third-order valence-corrected chi connectivity index (χ3v) is 8.08. The summed E-state index contributed by atoms with van der Waals surface area (Å²) in [6.07, 6.45) is 3.81. The minimum absolute atomic E-state index is 0.750. The highest BCUT2D eigenvalue weighted by molar-refractivity contribution is 7.51. The summed E-state index contributed by atoms with van der Waals surface area (Å²) in [7, 11) is 0. The number of rotatable bonds is 6. The summed E-state index contributed by atoms with van der Waals surface area (Å²) in [6.45, 7) is 16.8. The first-order valence-corrected chi connectivity index (χ1v) is 15.5. The van der Waals surface area contributed by atoms with Crippen molar-refractivity contribution in [3.05, 3.63) is 93.0 Å². The Bertz CT molecular complexity index is 1390. The first-order chi connectivity index (χ1) is 20.4. The molecule has 6 nitrogen and oxygen atoms in total. The van der Waals surface area contributed by atoms with Crippen molar-refractivity contribution in [1.82, 2.24) is 0 Å². The highest BCUT2D eigenvalue weighted by atomic mass is 32.1. The molecule has 7 heteroatoms. The Hall–Kier alpha value is -4.10. The van der Waals surface area contributed by atoms with Crippen LogP contribution in [0.1, 0.15) is 72.2 Å². The van der Waals surface area contributed by atoms with E-state index in [-0.39, 0.29) is 0 Å². The van der Waals surface area contributed by atoms with Crippen LogP contribution >= 0.6 is 0 Å². The summed E-state index contributed by atoms with van der Waals surface area (Å²) in [5, 5.41) is 0. The van der Waals surface area contributed by atoms with Gasteiger partial charge in [-0.05, 0) is 169 Å². The zero-order valence-electron chi connectivity index (χ0n) is 27.0. The van der Waals surface area contributed by atoms with Crippen molar-refractivity contribution in [2.45, 2.75) is 81.1 Å². The van der Waals surface area contributed by atoms with Crippen LogP contribution in [0.15, 0.2) is 48.5 Å². The van der Waals surface area contributed by atoms with E-state index in [1.54, 1.807) is 0 Å². The van der Waals surface area contributed by atoms with Crippen molar-refractivity contribution in [3.63, 3.8) is 0 Å². The van der Waals surface area contributed by atoms with Gasteiger partial charge in [-0.25, -0.2) is 0 Å². The molecule has 0 aliphatic heterocycles. The molecule has 0 saturated heterocycles. The summed E-state index contributed by atoms with van der Waals surface area (Å²) in [6, 6.07) is 17.5. The van der Waals surface area contributed by atoms with Crippen LogP contribution in [0.3, 0.4) is 0 Å². The molecule has 230 valence electrons. The van der Waals surface area contributed by atoms with Crippen molar-refractivity contribution in [3.8, 4) is 22.3 Å². The van der Waals surface area contributed by atoms with E-state index in [0.29, 0.717) is 0 Å². The number of benzene rings is 4. The molecule has 4 aromatic rings. The Morgan fingerprint density at radius 1 is 0.419 bits per heavy atom. The van der Waals surface area contributed by atoms with Crippen LogP contribution in [0.4, 0.5) is 22.7 Å². The molecule has 0 aliphatic rings. The molecule has 0 aromatic heterocycles. The van der Waals surface area contributed by atoms with Crippen LogP contribution in [-0.2, 0) is 37.3 Å². The van der Waals surface area contributed by atoms with Crippen molar-refractivity contribution >= 4 is 34.3 Å². The first-order valence-electron chi connectivity index (χ1n) is 14.8. The van der Waals surface area contributed by atoms with Crippen molar-refractivity contribution in [2.75, 3.05) is 22.9 Å². The predicted octanol–water partition coefficient (Wildman–Crippen LogP) is 7.85. The van der Waals surface area contributed by atoms with E-state index >= 15 is 0 Å². The van der Waals surface area contributed by atoms with Crippen molar-refractivity contribution in [1.29, 1.82) is 0 Å². The van der Waals surface area contributed by atoms with Crippen LogP contribution in [0.2, 0.25) is 0 Å². The van der Waals surface area contributed by atoms with Crippen LogP contribution in [-0.4, -0.2) is 8.42 Å². The molecule has 4 rings (SSSR count). The van der Waals surface area contributed by atoms with E-state index in [9.17, 15) is 0 Å². The van der Waals surface area contributed by atoms with Crippen LogP contribution in [0.5, 0.6) is 0 Å². The molecule has 0 bridgehead atoms. The van der Waals surface area contributed by atoms with Crippen molar-refractivity contribution in [2.24, 2.45) is 0 Å². The van der Waals surface area contributed by atoms with E-state index in [1.807, 2.05) is 0 Å². The van der Waals surface area contributed by atoms with E-state index in [1.165, 1.54) is 44.5 Å². The van der Waals surface area contributed by atoms with Gasteiger partial charge < -0.3 is 22.9 Å². The number of hydrogen-bond donors (Lipinski definition) is 4. The fourth-order valence-corrected chi connectivity index (χ4v) is 5.32. The van der Waals surface area contributed by atoms with E-state index in [4.69, 9.17) is 31.4 Å². The smallest absolute Gasteiger partial charge is 0.335 e. The maximum Gasteiger partial charge on any atom is 0.335 e. The van der Waals surface area contributed by atoms with Gasteiger partial charge in [0.1, 0.15) is 0 Å². The zero-order valence-corrected chi connectivity index (χ0v) is 27.8. The van der Waals surface area contributed by atoms with Gasteiger partial charge in [-0.2, -0.15) is 8.42 Å². The number of hydrogen-bond acceptors (Lipinski definition) is 6. The lowest BCUT2D eigenvalue weighted by atomic mass is 9.93. The summed E-state index contributed by atoms with van der Waals surface area (Å²) in [4.78, 5) is 0. The summed E-state index contributed by atoms with van der Waals surface area (Å²) < 4.78 is 16.6. The third kappa shape index (κ3) is 8.48. The SMILES string of the molecule is CCc1cc(-c2cc(C)c(N)c(CC)c2)cc(C)c1N.CCc1cc(-c2cc(C)c(N)c(CC)c2)cc(C)c1N.O=S=O. The average Bonchev–Trinajstić information content (AvgIpc) is 2.99. The van der Waals surface area contributed by atoms with Gasteiger partial charge in [0.05, 0.1) is 0 Å². The Morgan fingerprint density at radius 2 is 0.581 bits per heavy atom. The number of anilines is 4. The fraction of sp³-hybridized carbons (Fsp3) is 0.333. The summed E-state index contributed by atoms with van der Waals surface area (Å²) in [5.41, 5.74) is 42.5. The molecule has 0 heterocycles. The number of nitrogen functional groups attached to an aromatic ring is 4. The number of nitrogens with two attached hydrogens (primary N) is 4. The molecule has 0 saturated carbocycles. The molecule has 0 amide bonds. The third-order valence-electron chi connectivity index (χ3n) is 8.08. The Kier molecular flexibility index (Phi) is 13.0. The quantitative estimate of drug-likeness (QED) is 0.166. The fourth-order valence-electron chi connectivity index (χ4n) is 5.32. The Balaban J connectivity index is 0.000000275. The summed E-state index contributed by atoms with van der Waals surface area (Å²) in [5.74, 6) is 0.